The van der Waals surface area contributed by atoms with E-state index < -0.39 is 0 Å². The Morgan fingerprint density at radius 3 is 3.23 bits per heavy atom. The van der Waals surface area contributed by atoms with Gasteiger partial charge in [-0.3, -0.25) is 4.99 Å². The van der Waals surface area contributed by atoms with E-state index in [0.717, 1.165) is 35.5 Å². The van der Waals surface area contributed by atoms with Crippen LogP contribution in [0, 0.1) is 6.92 Å². The summed E-state index contributed by atoms with van der Waals surface area (Å²) in [5.41, 5.74) is 0.928. The number of aromatic nitrogens is 1. The van der Waals surface area contributed by atoms with Gasteiger partial charge in [-0.25, -0.2) is 0 Å². The lowest BCUT2D eigenvalue weighted by molar-refractivity contribution is 0.391. The molecule has 0 aliphatic carbocycles. The molecule has 1 N–H and O–H groups in total. The van der Waals surface area contributed by atoms with E-state index in [0.29, 0.717) is 0 Å². The molecule has 13 heavy (non-hydrogen) atoms. The molecule has 0 amide bonds. The van der Waals surface area contributed by atoms with E-state index in [1.807, 2.05) is 13.0 Å². The third-order valence-electron chi connectivity index (χ3n) is 1.67. The van der Waals surface area contributed by atoms with Gasteiger partial charge < -0.3 is 9.84 Å². The van der Waals surface area contributed by atoms with Crippen LogP contribution in [0.2, 0.25) is 0 Å². The Balaban J connectivity index is 1.85. The highest BCUT2D eigenvalue weighted by molar-refractivity contribution is 8.13. The van der Waals surface area contributed by atoms with Crippen LogP contribution in [0.25, 0.3) is 0 Å². The lowest BCUT2D eigenvalue weighted by Crippen LogP contribution is -2.14. The molecule has 1 aliphatic rings. The normalized spacial score (nSPS) is 15.6. The maximum absolute atomic E-state index is 5.07. The SMILES string of the molecule is Cc1cc(CSC2=NCCN2)on1. The molecular formula is C8H11N3OS. The molecule has 70 valence electrons. The topological polar surface area (TPSA) is 50.4 Å². The number of hydrogen-bond donors (Lipinski definition) is 1. The largest absolute Gasteiger partial charge is 0.363 e. The highest BCUT2D eigenvalue weighted by atomic mass is 32.2. The first-order valence-electron chi connectivity index (χ1n) is 4.18. The van der Waals surface area contributed by atoms with Crippen LogP contribution in [0.4, 0.5) is 0 Å². The van der Waals surface area contributed by atoms with Crippen LogP contribution < -0.4 is 5.32 Å². The van der Waals surface area contributed by atoms with E-state index in [-0.39, 0.29) is 0 Å². The van der Waals surface area contributed by atoms with Crippen molar-refractivity contribution in [2.75, 3.05) is 13.1 Å². The van der Waals surface area contributed by atoms with Gasteiger partial charge in [-0.05, 0) is 6.92 Å². The van der Waals surface area contributed by atoms with Crippen LogP contribution in [0.5, 0.6) is 0 Å². The molecule has 1 aliphatic heterocycles. The second kappa shape index (κ2) is 3.83. The first kappa shape index (κ1) is 8.62. The zero-order valence-corrected chi connectivity index (χ0v) is 8.23. The molecule has 0 fully saturated rings. The minimum absolute atomic E-state index is 0.798. The fraction of sp³-hybridized carbons (Fsp3) is 0.500. The van der Waals surface area contributed by atoms with Gasteiger partial charge in [0.2, 0.25) is 0 Å². The van der Waals surface area contributed by atoms with Crippen LogP contribution in [0.15, 0.2) is 15.6 Å². The highest BCUT2D eigenvalue weighted by Gasteiger charge is 2.07. The predicted molar refractivity (Wildman–Crippen MR) is 52.8 cm³/mol. The average molecular weight is 197 g/mol. The van der Waals surface area contributed by atoms with Crippen molar-refractivity contribution < 1.29 is 4.52 Å². The third-order valence-corrected chi connectivity index (χ3v) is 2.65. The summed E-state index contributed by atoms with van der Waals surface area (Å²) < 4.78 is 5.07. The summed E-state index contributed by atoms with van der Waals surface area (Å²) in [7, 11) is 0. The van der Waals surface area contributed by atoms with Crippen LogP contribution in [0.3, 0.4) is 0 Å². The van der Waals surface area contributed by atoms with Gasteiger partial charge >= 0.3 is 0 Å². The fourth-order valence-corrected chi connectivity index (χ4v) is 1.90. The Kier molecular flexibility index (Phi) is 2.54. The third kappa shape index (κ3) is 2.24. The average Bonchev–Trinajstić information content (AvgIpc) is 2.71. The van der Waals surface area contributed by atoms with E-state index in [9.17, 15) is 0 Å². The number of nitrogens with one attached hydrogen (secondary N) is 1. The van der Waals surface area contributed by atoms with Crippen molar-refractivity contribution in [2.24, 2.45) is 4.99 Å². The Bertz CT molecular complexity index is 321. The van der Waals surface area contributed by atoms with Crippen molar-refractivity contribution in [3.8, 4) is 0 Å². The summed E-state index contributed by atoms with van der Waals surface area (Å²) in [6.07, 6.45) is 0. The molecule has 1 aromatic rings. The van der Waals surface area contributed by atoms with Gasteiger partial charge in [0.25, 0.3) is 0 Å². The Hall–Kier alpha value is -0.970. The van der Waals surface area contributed by atoms with Gasteiger partial charge in [0.05, 0.1) is 18.0 Å². The molecule has 4 nitrogen and oxygen atoms in total. The molecule has 1 aromatic heterocycles. The molecule has 2 heterocycles. The molecule has 5 heteroatoms. The van der Waals surface area contributed by atoms with Crippen molar-refractivity contribution >= 4 is 16.9 Å². The van der Waals surface area contributed by atoms with E-state index in [1.165, 1.54) is 0 Å². The molecule has 0 saturated heterocycles. The first-order valence-corrected chi connectivity index (χ1v) is 5.16. The van der Waals surface area contributed by atoms with E-state index >= 15 is 0 Å². The van der Waals surface area contributed by atoms with Crippen molar-refractivity contribution in [2.45, 2.75) is 12.7 Å². The number of nitrogens with zero attached hydrogens (tertiary/aromatic N) is 2. The first-order chi connectivity index (χ1) is 6.34. The summed E-state index contributed by atoms with van der Waals surface area (Å²) in [5, 5.41) is 8.01. The van der Waals surface area contributed by atoms with E-state index in [2.05, 4.69) is 15.5 Å². The van der Waals surface area contributed by atoms with Gasteiger partial charge in [0.15, 0.2) is 5.17 Å². The summed E-state index contributed by atoms with van der Waals surface area (Å²) in [5.74, 6) is 1.70. The van der Waals surface area contributed by atoms with Gasteiger partial charge in [-0.1, -0.05) is 16.9 Å². The molecule has 0 radical (unpaired) electrons. The maximum atomic E-state index is 5.07. The van der Waals surface area contributed by atoms with Crippen molar-refractivity contribution in [3.05, 3.63) is 17.5 Å². The Labute approximate surface area is 80.8 Å². The number of aliphatic imine (C=N–C) groups is 1. The highest BCUT2D eigenvalue weighted by Crippen LogP contribution is 2.14. The van der Waals surface area contributed by atoms with E-state index in [4.69, 9.17) is 4.52 Å². The second-order valence-corrected chi connectivity index (χ2v) is 3.80. The molecule has 0 spiro atoms. The minimum Gasteiger partial charge on any atom is -0.363 e. The maximum Gasteiger partial charge on any atom is 0.157 e. The van der Waals surface area contributed by atoms with Crippen LogP contribution >= 0.6 is 11.8 Å². The van der Waals surface area contributed by atoms with E-state index in [1.54, 1.807) is 11.8 Å². The molecule has 0 aromatic carbocycles. The number of hydrogen-bond acceptors (Lipinski definition) is 5. The Morgan fingerprint density at radius 1 is 1.69 bits per heavy atom. The smallest absolute Gasteiger partial charge is 0.157 e. The summed E-state index contributed by atoms with van der Waals surface area (Å²) in [4.78, 5) is 4.26. The zero-order chi connectivity index (χ0) is 9.10. The van der Waals surface area contributed by atoms with Gasteiger partial charge in [-0.15, -0.1) is 0 Å². The molecular weight excluding hydrogens is 186 g/mol. The van der Waals surface area contributed by atoms with Crippen LogP contribution in [-0.4, -0.2) is 23.4 Å². The minimum atomic E-state index is 0.798. The molecule has 0 unspecified atom stereocenters. The van der Waals surface area contributed by atoms with Gasteiger partial charge in [0.1, 0.15) is 5.76 Å². The zero-order valence-electron chi connectivity index (χ0n) is 7.41. The Morgan fingerprint density at radius 2 is 2.62 bits per heavy atom. The lowest BCUT2D eigenvalue weighted by atomic mass is 10.4. The standard InChI is InChI=1S/C8H11N3OS/c1-6-4-7(12-11-6)5-13-8-9-2-3-10-8/h4H,2-3,5H2,1H3,(H,9,10). The number of thioether (sulfide) groups is 1. The summed E-state index contributed by atoms with van der Waals surface area (Å²) >= 11 is 1.66. The van der Waals surface area contributed by atoms with Gasteiger partial charge in [-0.2, -0.15) is 0 Å². The molecule has 0 atom stereocenters. The molecule has 0 saturated carbocycles. The number of aryl methyl sites for hydroxylation is 1. The number of rotatable bonds is 2. The number of amidine groups is 1. The molecule has 0 bridgehead atoms. The second-order valence-electron chi connectivity index (χ2n) is 2.84. The van der Waals surface area contributed by atoms with Gasteiger partial charge in [0, 0.05) is 12.6 Å². The van der Waals surface area contributed by atoms with Crippen LogP contribution in [-0.2, 0) is 5.75 Å². The van der Waals surface area contributed by atoms with Crippen LogP contribution in [0.1, 0.15) is 11.5 Å². The monoisotopic (exact) mass is 197 g/mol. The summed E-state index contributed by atoms with van der Waals surface area (Å²) in [6, 6.07) is 1.95. The van der Waals surface area contributed by atoms with Crippen molar-refractivity contribution in [1.82, 2.24) is 10.5 Å². The van der Waals surface area contributed by atoms with Crippen molar-refractivity contribution in [3.63, 3.8) is 0 Å². The lowest BCUT2D eigenvalue weighted by Gasteiger charge is -1.97. The quantitative estimate of drug-likeness (QED) is 0.773. The van der Waals surface area contributed by atoms with Crippen molar-refractivity contribution in [1.29, 1.82) is 0 Å². The molecule has 2 rings (SSSR count). The predicted octanol–water partition coefficient (Wildman–Crippen LogP) is 1.18. The summed E-state index contributed by atoms with van der Waals surface area (Å²) in [6.45, 7) is 3.76. The fourth-order valence-electron chi connectivity index (χ4n) is 1.10.